The van der Waals surface area contributed by atoms with Gasteiger partial charge in [-0.25, -0.2) is 4.98 Å². The molecular formula is C12H22N2S2. The summed E-state index contributed by atoms with van der Waals surface area (Å²) in [6.45, 7) is 10.8. The quantitative estimate of drug-likeness (QED) is 0.760. The predicted molar refractivity (Wildman–Crippen MR) is 75.5 cm³/mol. The topological polar surface area (TPSA) is 24.9 Å². The van der Waals surface area contributed by atoms with Gasteiger partial charge in [-0.15, -0.1) is 11.3 Å². The number of aryl methyl sites for hydroxylation is 2. The lowest BCUT2D eigenvalue weighted by Gasteiger charge is -2.05. The summed E-state index contributed by atoms with van der Waals surface area (Å²) in [5.41, 5.74) is 1.19. The van der Waals surface area contributed by atoms with Crippen LogP contribution < -0.4 is 5.32 Å². The van der Waals surface area contributed by atoms with Crippen molar-refractivity contribution in [2.75, 3.05) is 18.1 Å². The average molecular weight is 258 g/mol. The van der Waals surface area contributed by atoms with Gasteiger partial charge in [0.2, 0.25) is 0 Å². The largest absolute Gasteiger partial charge is 0.311 e. The molecule has 0 radical (unpaired) electrons. The minimum atomic E-state index is 0.802. The Kier molecular flexibility index (Phi) is 6.39. The van der Waals surface area contributed by atoms with E-state index in [1.165, 1.54) is 27.1 Å². The standard InChI is InChI=1S/C12H22N2S2/c1-9(2)8-15-6-5-13-7-12-10(3)14-11(4)16-12/h9,13H,5-8H2,1-4H3. The summed E-state index contributed by atoms with van der Waals surface area (Å²) in [5, 5.41) is 4.65. The third-order valence-electron chi connectivity index (χ3n) is 2.16. The first kappa shape index (κ1) is 14.0. The smallest absolute Gasteiger partial charge is 0.0900 e. The van der Waals surface area contributed by atoms with E-state index in [0.717, 1.165) is 19.0 Å². The van der Waals surface area contributed by atoms with Gasteiger partial charge in [0.15, 0.2) is 0 Å². The molecule has 16 heavy (non-hydrogen) atoms. The zero-order valence-corrected chi connectivity index (χ0v) is 12.3. The van der Waals surface area contributed by atoms with Crippen LogP contribution in [0.25, 0.3) is 0 Å². The Hall–Kier alpha value is -0.0600. The normalized spacial score (nSPS) is 11.3. The summed E-state index contributed by atoms with van der Waals surface area (Å²) in [6, 6.07) is 0. The predicted octanol–water partition coefficient (Wildman–Crippen LogP) is 3.24. The maximum atomic E-state index is 4.42. The second-order valence-corrected chi connectivity index (χ2v) is 6.82. The second-order valence-electron chi connectivity index (χ2n) is 4.39. The molecule has 0 unspecified atom stereocenters. The number of rotatable bonds is 7. The molecule has 0 aromatic carbocycles. The minimum absolute atomic E-state index is 0.802. The van der Waals surface area contributed by atoms with Gasteiger partial charge in [0.05, 0.1) is 10.7 Å². The first-order valence-electron chi connectivity index (χ1n) is 5.81. The number of hydrogen-bond acceptors (Lipinski definition) is 4. The van der Waals surface area contributed by atoms with E-state index in [0.29, 0.717) is 0 Å². The van der Waals surface area contributed by atoms with Crippen LogP contribution in [0.4, 0.5) is 0 Å². The lowest BCUT2D eigenvalue weighted by Crippen LogP contribution is -2.16. The van der Waals surface area contributed by atoms with Crippen LogP contribution in [-0.4, -0.2) is 23.0 Å². The van der Waals surface area contributed by atoms with E-state index in [9.17, 15) is 0 Å². The van der Waals surface area contributed by atoms with E-state index < -0.39 is 0 Å². The van der Waals surface area contributed by atoms with Crippen molar-refractivity contribution >= 4 is 23.1 Å². The first-order valence-corrected chi connectivity index (χ1v) is 7.78. The van der Waals surface area contributed by atoms with E-state index in [-0.39, 0.29) is 0 Å². The van der Waals surface area contributed by atoms with Crippen molar-refractivity contribution in [1.29, 1.82) is 0 Å². The summed E-state index contributed by atoms with van der Waals surface area (Å²) < 4.78 is 0. The molecule has 0 spiro atoms. The van der Waals surface area contributed by atoms with Gasteiger partial charge in [-0.2, -0.15) is 11.8 Å². The lowest BCUT2D eigenvalue weighted by atomic mass is 10.3. The summed E-state index contributed by atoms with van der Waals surface area (Å²) in [5.74, 6) is 3.27. The Bertz CT molecular complexity index is 308. The van der Waals surface area contributed by atoms with Crippen LogP contribution in [-0.2, 0) is 6.54 Å². The molecule has 0 aliphatic heterocycles. The molecular weight excluding hydrogens is 236 g/mol. The van der Waals surface area contributed by atoms with Gasteiger partial charge in [-0.05, 0) is 25.5 Å². The fourth-order valence-electron chi connectivity index (χ4n) is 1.40. The molecule has 0 atom stereocenters. The zero-order chi connectivity index (χ0) is 12.0. The average Bonchev–Trinajstić information content (AvgIpc) is 2.50. The van der Waals surface area contributed by atoms with Crippen LogP contribution in [0.15, 0.2) is 0 Å². The van der Waals surface area contributed by atoms with Crippen LogP contribution >= 0.6 is 23.1 Å². The van der Waals surface area contributed by atoms with Crippen molar-refractivity contribution in [3.63, 3.8) is 0 Å². The third kappa shape index (κ3) is 5.32. The number of nitrogens with zero attached hydrogens (tertiary/aromatic N) is 1. The summed E-state index contributed by atoms with van der Waals surface area (Å²) in [4.78, 5) is 5.80. The molecule has 0 saturated heterocycles. The highest BCUT2D eigenvalue weighted by Gasteiger charge is 2.03. The number of aromatic nitrogens is 1. The van der Waals surface area contributed by atoms with E-state index >= 15 is 0 Å². The number of nitrogens with one attached hydrogen (secondary N) is 1. The van der Waals surface area contributed by atoms with Gasteiger partial charge in [-0.3, -0.25) is 0 Å². The number of hydrogen-bond donors (Lipinski definition) is 1. The highest BCUT2D eigenvalue weighted by atomic mass is 32.2. The Labute approximate surface area is 107 Å². The zero-order valence-electron chi connectivity index (χ0n) is 10.7. The molecule has 1 rings (SSSR count). The van der Waals surface area contributed by atoms with Crippen molar-refractivity contribution in [3.05, 3.63) is 15.6 Å². The van der Waals surface area contributed by atoms with Crippen molar-refractivity contribution < 1.29 is 0 Å². The van der Waals surface area contributed by atoms with E-state index in [2.05, 4.69) is 38.0 Å². The maximum absolute atomic E-state index is 4.42. The second kappa shape index (κ2) is 7.30. The highest BCUT2D eigenvalue weighted by Crippen LogP contribution is 2.16. The van der Waals surface area contributed by atoms with Crippen molar-refractivity contribution in [2.45, 2.75) is 34.2 Å². The van der Waals surface area contributed by atoms with Crippen LogP contribution in [0.2, 0.25) is 0 Å². The van der Waals surface area contributed by atoms with E-state index in [1.807, 2.05) is 11.8 Å². The van der Waals surface area contributed by atoms with Gasteiger partial charge in [0.1, 0.15) is 0 Å². The van der Waals surface area contributed by atoms with Crippen molar-refractivity contribution in [1.82, 2.24) is 10.3 Å². The molecule has 0 bridgehead atoms. The molecule has 92 valence electrons. The molecule has 4 heteroatoms. The molecule has 1 N–H and O–H groups in total. The Morgan fingerprint density at radius 3 is 2.69 bits per heavy atom. The Morgan fingerprint density at radius 2 is 2.12 bits per heavy atom. The van der Waals surface area contributed by atoms with Crippen LogP contribution in [0.3, 0.4) is 0 Å². The summed E-state index contributed by atoms with van der Waals surface area (Å²) in [7, 11) is 0. The fraction of sp³-hybridized carbons (Fsp3) is 0.750. The van der Waals surface area contributed by atoms with Gasteiger partial charge in [0, 0.05) is 23.7 Å². The molecule has 1 heterocycles. The summed E-state index contributed by atoms with van der Waals surface area (Å²) >= 11 is 3.83. The first-order chi connectivity index (χ1) is 7.59. The molecule has 0 amide bonds. The number of thiazole rings is 1. The molecule has 0 saturated carbocycles. The SMILES string of the molecule is Cc1nc(C)c(CNCCSCC(C)C)s1. The Morgan fingerprint density at radius 1 is 1.38 bits per heavy atom. The molecule has 1 aromatic heterocycles. The lowest BCUT2D eigenvalue weighted by molar-refractivity contribution is 0.728. The summed E-state index contributed by atoms with van der Waals surface area (Å²) in [6.07, 6.45) is 0. The minimum Gasteiger partial charge on any atom is -0.311 e. The van der Waals surface area contributed by atoms with Gasteiger partial charge >= 0.3 is 0 Å². The number of thioether (sulfide) groups is 1. The highest BCUT2D eigenvalue weighted by molar-refractivity contribution is 7.99. The van der Waals surface area contributed by atoms with Gasteiger partial charge < -0.3 is 5.32 Å². The maximum Gasteiger partial charge on any atom is 0.0900 e. The third-order valence-corrected chi connectivity index (χ3v) is 4.63. The van der Waals surface area contributed by atoms with Crippen molar-refractivity contribution in [2.24, 2.45) is 5.92 Å². The monoisotopic (exact) mass is 258 g/mol. The molecule has 0 aliphatic rings. The molecule has 0 fully saturated rings. The van der Waals surface area contributed by atoms with Crippen LogP contribution in [0.5, 0.6) is 0 Å². The van der Waals surface area contributed by atoms with E-state index in [4.69, 9.17) is 0 Å². The van der Waals surface area contributed by atoms with Crippen LogP contribution in [0, 0.1) is 19.8 Å². The van der Waals surface area contributed by atoms with E-state index in [1.54, 1.807) is 11.3 Å². The van der Waals surface area contributed by atoms with Gasteiger partial charge in [-0.1, -0.05) is 13.8 Å². The fourth-order valence-corrected chi connectivity index (χ4v) is 3.24. The Balaban J connectivity index is 2.09. The molecule has 1 aromatic rings. The van der Waals surface area contributed by atoms with Crippen molar-refractivity contribution in [3.8, 4) is 0 Å². The molecule has 0 aliphatic carbocycles. The molecule has 2 nitrogen and oxygen atoms in total. The van der Waals surface area contributed by atoms with Crippen LogP contribution in [0.1, 0.15) is 29.4 Å². The van der Waals surface area contributed by atoms with Gasteiger partial charge in [0.25, 0.3) is 0 Å².